The molecule has 1 aromatic heterocycles. The van der Waals surface area contributed by atoms with Crippen molar-refractivity contribution >= 4 is 35.6 Å². The Morgan fingerprint density at radius 1 is 1.16 bits per heavy atom. The summed E-state index contributed by atoms with van der Waals surface area (Å²) in [6.07, 6.45) is 2.19. The molecule has 2 amide bonds. The minimum absolute atomic E-state index is 0. The normalized spacial score (nSPS) is 20.5. The van der Waals surface area contributed by atoms with Crippen LogP contribution in [0, 0.1) is 5.41 Å². The number of amides is 2. The molecule has 8 heteroatoms. The standard InChI is InChI=1S/C17H25N3O3S.ClH/c18-13-17(3-9-23-10-4-17)16(22)20-6-1-5-19(7-8-20)15(21)14-2-11-24-12-14;/h2,11-12H,1,3-10,13,18H2;1H. The molecule has 0 bridgehead atoms. The number of rotatable bonds is 3. The molecule has 0 aromatic carbocycles. The summed E-state index contributed by atoms with van der Waals surface area (Å²) in [4.78, 5) is 29.3. The third-order valence-electron chi connectivity index (χ3n) is 5.13. The predicted molar refractivity (Wildman–Crippen MR) is 100 cm³/mol. The Bertz CT molecular complexity index is 576. The number of nitrogens with two attached hydrogens (primary N) is 1. The molecule has 3 heterocycles. The van der Waals surface area contributed by atoms with Gasteiger partial charge in [-0.1, -0.05) is 0 Å². The van der Waals surface area contributed by atoms with E-state index in [1.54, 1.807) is 0 Å². The summed E-state index contributed by atoms with van der Waals surface area (Å²) in [5.74, 6) is 0.197. The summed E-state index contributed by atoms with van der Waals surface area (Å²) >= 11 is 1.53. The van der Waals surface area contributed by atoms with E-state index in [1.165, 1.54) is 11.3 Å². The second-order valence-corrected chi connectivity index (χ2v) is 7.33. The van der Waals surface area contributed by atoms with Gasteiger partial charge in [0.05, 0.1) is 11.0 Å². The molecule has 0 atom stereocenters. The number of ether oxygens (including phenoxy) is 1. The number of thiophene rings is 1. The van der Waals surface area contributed by atoms with Crippen LogP contribution in [0.4, 0.5) is 0 Å². The predicted octanol–water partition coefficient (Wildman–Crippen LogP) is 1.60. The minimum Gasteiger partial charge on any atom is -0.381 e. The number of nitrogens with zero attached hydrogens (tertiary/aromatic N) is 2. The van der Waals surface area contributed by atoms with E-state index in [2.05, 4.69) is 0 Å². The second-order valence-electron chi connectivity index (χ2n) is 6.55. The van der Waals surface area contributed by atoms with Crippen molar-refractivity contribution in [3.05, 3.63) is 22.4 Å². The molecule has 2 N–H and O–H groups in total. The lowest BCUT2D eigenvalue weighted by atomic mass is 9.79. The van der Waals surface area contributed by atoms with Crippen molar-refractivity contribution in [1.29, 1.82) is 0 Å². The molecule has 2 aliphatic heterocycles. The summed E-state index contributed by atoms with van der Waals surface area (Å²) < 4.78 is 5.40. The molecule has 140 valence electrons. The SMILES string of the molecule is Cl.NCC1(C(=O)N2CCCN(C(=O)c3ccsc3)CC2)CCOCC1. The van der Waals surface area contributed by atoms with E-state index in [1.807, 2.05) is 26.6 Å². The van der Waals surface area contributed by atoms with Gasteiger partial charge in [0, 0.05) is 51.3 Å². The smallest absolute Gasteiger partial charge is 0.254 e. The van der Waals surface area contributed by atoms with Crippen molar-refractivity contribution in [1.82, 2.24) is 9.80 Å². The van der Waals surface area contributed by atoms with E-state index in [-0.39, 0.29) is 24.2 Å². The van der Waals surface area contributed by atoms with Crippen LogP contribution in [0.2, 0.25) is 0 Å². The van der Waals surface area contributed by atoms with Crippen molar-refractivity contribution in [2.45, 2.75) is 19.3 Å². The first-order chi connectivity index (χ1) is 11.7. The van der Waals surface area contributed by atoms with Gasteiger partial charge in [-0.3, -0.25) is 9.59 Å². The molecule has 25 heavy (non-hydrogen) atoms. The number of carbonyl (C=O) groups is 2. The third kappa shape index (κ3) is 4.34. The van der Waals surface area contributed by atoms with Crippen molar-refractivity contribution in [3.8, 4) is 0 Å². The Labute approximate surface area is 158 Å². The maximum absolute atomic E-state index is 13.1. The van der Waals surface area contributed by atoms with E-state index >= 15 is 0 Å². The van der Waals surface area contributed by atoms with Gasteiger partial charge in [0.25, 0.3) is 5.91 Å². The zero-order valence-electron chi connectivity index (χ0n) is 14.3. The maximum Gasteiger partial charge on any atom is 0.254 e. The molecule has 0 radical (unpaired) electrons. The Morgan fingerprint density at radius 3 is 2.48 bits per heavy atom. The fourth-order valence-corrected chi connectivity index (χ4v) is 4.12. The highest BCUT2D eigenvalue weighted by Gasteiger charge is 2.41. The molecule has 0 aliphatic carbocycles. The molecule has 1 aromatic rings. The molecular weight excluding hydrogens is 362 g/mol. The highest BCUT2D eigenvalue weighted by atomic mass is 35.5. The maximum atomic E-state index is 13.1. The van der Waals surface area contributed by atoms with Crippen LogP contribution < -0.4 is 5.73 Å². The highest BCUT2D eigenvalue weighted by molar-refractivity contribution is 7.08. The Kier molecular flexibility index (Phi) is 7.25. The minimum atomic E-state index is -0.481. The average molecular weight is 388 g/mol. The monoisotopic (exact) mass is 387 g/mol. The fourth-order valence-electron chi connectivity index (χ4n) is 3.50. The first kappa shape index (κ1) is 20.2. The molecule has 2 aliphatic rings. The van der Waals surface area contributed by atoms with Crippen molar-refractivity contribution in [3.63, 3.8) is 0 Å². The Balaban J connectivity index is 0.00000225. The lowest BCUT2D eigenvalue weighted by Gasteiger charge is -2.38. The summed E-state index contributed by atoms with van der Waals surface area (Å²) in [6, 6.07) is 1.85. The molecule has 2 fully saturated rings. The number of hydrogen-bond donors (Lipinski definition) is 1. The van der Waals surface area contributed by atoms with Crippen molar-refractivity contribution < 1.29 is 14.3 Å². The van der Waals surface area contributed by atoms with Gasteiger partial charge in [0.15, 0.2) is 0 Å². The Hall–Kier alpha value is -1.15. The number of carbonyl (C=O) groups excluding carboxylic acids is 2. The van der Waals surface area contributed by atoms with Gasteiger partial charge < -0.3 is 20.3 Å². The first-order valence-electron chi connectivity index (χ1n) is 8.55. The van der Waals surface area contributed by atoms with Gasteiger partial charge in [-0.15, -0.1) is 12.4 Å². The van der Waals surface area contributed by atoms with Crippen LogP contribution in [0.3, 0.4) is 0 Å². The van der Waals surface area contributed by atoms with Gasteiger partial charge in [0.2, 0.25) is 5.91 Å². The van der Waals surface area contributed by atoms with Crippen LogP contribution >= 0.6 is 23.7 Å². The zero-order valence-corrected chi connectivity index (χ0v) is 15.9. The highest BCUT2D eigenvalue weighted by Crippen LogP contribution is 2.32. The fraction of sp³-hybridized carbons (Fsp3) is 0.647. The van der Waals surface area contributed by atoms with Crippen molar-refractivity contribution in [2.24, 2.45) is 11.1 Å². The lowest BCUT2D eigenvalue weighted by molar-refractivity contribution is -0.147. The van der Waals surface area contributed by atoms with E-state index in [4.69, 9.17) is 10.5 Å². The summed E-state index contributed by atoms with van der Waals surface area (Å²) in [5, 5.41) is 3.79. The van der Waals surface area contributed by atoms with E-state index in [0.717, 1.165) is 12.0 Å². The van der Waals surface area contributed by atoms with Gasteiger partial charge in [-0.25, -0.2) is 0 Å². The average Bonchev–Trinajstić information content (AvgIpc) is 3.06. The van der Waals surface area contributed by atoms with Gasteiger partial charge in [-0.05, 0) is 30.7 Å². The van der Waals surface area contributed by atoms with E-state index < -0.39 is 5.41 Å². The molecule has 0 spiro atoms. The summed E-state index contributed by atoms with van der Waals surface area (Å²) in [6.45, 7) is 4.10. The van der Waals surface area contributed by atoms with Gasteiger partial charge >= 0.3 is 0 Å². The van der Waals surface area contributed by atoms with E-state index in [0.29, 0.717) is 58.8 Å². The lowest BCUT2D eigenvalue weighted by Crippen LogP contribution is -2.51. The van der Waals surface area contributed by atoms with Crippen LogP contribution in [-0.2, 0) is 9.53 Å². The van der Waals surface area contributed by atoms with Crippen LogP contribution in [-0.4, -0.2) is 67.6 Å². The quantitative estimate of drug-likeness (QED) is 0.854. The molecule has 0 unspecified atom stereocenters. The number of hydrogen-bond acceptors (Lipinski definition) is 5. The first-order valence-corrected chi connectivity index (χ1v) is 9.49. The van der Waals surface area contributed by atoms with Gasteiger partial charge in [0.1, 0.15) is 0 Å². The van der Waals surface area contributed by atoms with Gasteiger partial charge in [-0.2, -0.15) is 11.3 Å². The third-order valence-corrected chi connectivity index (χ3v) is 5.82. The topological polar surface area (TPSA) is 75.9 Å². The molecule has 0 saturated carbocycles. The Morgan fingerprint density at radius 2 is 1.84 bits per heavy atom. The summed E-state index contributed by atoms with van der Waals surface area (Å²) in [5.41, 5.74) is 6.22. The second kappa shape index (κ2) is 8.98. The van der Waals surface area contributed by atoms with Crippen LogP contribution in [0.15, 0.2) is 16.8 Å². The molecular formula is C17H26ClN3O3S. The van der Waals surface area contributed by atoms with Crippen LogP contribution in [0.5, 0.6) is 0 Å². The largest absolute Gasteiger partial charge is 0.381 e. The molecule has 6 nitrogen and oxygen atoms in total. The van der Waals surface area contributed by atoms with Crippen LogP contribution in [0.1, 0.15) is 29.6 Å². The molecule has 2 saturated heterocycles. The number of halogens is 1. The van der Waals surface area contributed by atoms with E-state index in [9.17, 15) is 9.59 Å². The summed E-state index contributed by atoms with van der Waals surface area (Å²) in [7, 11) is 0. The molecule has 3 rings (SSSR count). The van der Waals surface area contributed by atoms with Crippen molar-refractivity contribution in [2.75, 3.05) is 45.9 Å². The zero-order chi connectivity index (χ0) is 17.0. The van der Waals surface area contributed by atoms with Crippen LogP contribution in [0.25, 0.3) is 0 Å².